The summed E-state index contributed by atoms with van der Waals surface area (Å²) in [4.78, 5) is 17.2. The minimum atomic E-state index is -0.243. The van der Waals surface area contributed by atoms with Crippen molar-refractivity contribution in [3.05, 3.63) is 64.5 Å². The van der Waals surface area contributed by atoms with Gasteiger partial charge < -0.3 is 0 Å². The van der Waals surface area contributed by atoms with Gasteiger partial charge in [0.25, 0.3) is 5.91 Å². The highest BCUT2D eigenvalue weighted by atomic mass is 35.5. The van der Waals surface area contributed by atoms with Crippen molar-refractivity contribution in [3.8, 4) is 22.6 Å². The second-order valence-corrected chi connectivity index (χ2v) is 7.92. The highest BCUT2D eigenvalue weighted by Gasteiger charge is 2.15. The van der Waals surface area contributed by atoms with Crippen molar-refractivity contribution >= 4 is 34.0 Å². The second-order valence-electron chi connectivity index (χ2n) is 6.62. The molecule has 0 spiro atoms. The molecule has 0 aliphatic carbocycles. The molecule has 2 aromatic heterocycles. The van der Waals surface area contributed by atoms with E-state index in [0.29, 0.717) is 21.5 Å². The molecule has 0 saturated heterocycles. The minimum Gasteiger partial charge on any atom is -0.298 e. The largest absolute Gasteiger partial charge is 0.298 e. The molecule has 9 heteroatoms. The predicted molar refractivity (Wildman–Crippen MR) is 114 cm³/mol. The van der Waals surface area contributed by atoms with Crippen LogP contribution >= 0.6 is 22.9 Å². The monoisotopic (exact) mass is 424 g/mol. The third kappa shape index (κ3) is 4.18. The number of anilines is 1. The molecular weight excluding hydrogens is 408 g/mol. The maximum absolute atomic E-state index is 12.7. The Balaban J connectivity index is 1.54. The van der Waals surface area contributed by atoms with Crippen LogP contribution in [-0.2, 0) is 0 Å². The van der Waals surface area contributed by atoms with Crippen molar-refractivity contribution in [3.63, 3.8) is 0 Å². The van der Waals surface area contributed by atoms with Crippen LogP contribution in [0.4, 0.5) is 5.13 Å². The molecule has 2 heterocycles. The average molecular weight is 425 g/mol. The lowest BCUT2D eigenvalue weighted by Crippen LogP contribution is -2.12. The molecule has 29 heavy (non-hydrogen) atoms. The first kappa shape index (κ1) is 19.2. The number of halogens is 1. The summed E-state index contributed by atoms with van der Waals surface area (Å²) in [5.41, 5.74) is 3.00. The number of aromatic nitrogens is 5. The first-order valence-electron chi connectivity index (χ1n) is 8.92. The normalized spacial score (nSPS) is 11.0. The van der Waals surface area contributed by atoms with Crippen LogP contribution in [-0.4, -0.2) is 31.1 Å². The average Bonchev–Trinajstić information content (AvgIpc) is 3.38. The Hall–Kier alpha value is -3.10. The zero-order valence-corrected chi connectivity index (χ0v) is 17.3. The van der Waals surface area contributed by atoms with Crippen molar-refractivity contribution in [1.82, 2.24) is 25.2 Å². The summed E-state index contributed by atoms with van der Waals surface area (Å²) >= 11 is 7.30. The number of amides is 1. The molecule has 2 aromatic carbocycles. The number of benzene rings is 2. The molecule has 1 N–H and O–H groups in total. The van der Waals surface area contributed by atoms with E-state index >= 15 is 0 Å². The Morgan fingerprint density at radius 1 is 1.14 bits per heavy atom. The Labute approximate surface area is 176 Å². The number of carbonyl (C=O) groups excluding carboxylic acids is 1. The van der Waals surface area contributed by atoms with E-state index in [0.717, 1.165) is 16.8 Å². The van der Waals surface area contributed by atoms with Gasteiger partial charge in [-0.3, -0.25) is 10.1 Å². The topological polar surface area (TPSA) is 85.6 Å². The van der Waals surface area contributed by atoms with Gasteiger partial charge in [0.2, 0.25) is 0 Å². The summed E-state index contributed by atoms with van der Waals surface area (Å²) in [6, 6.07) is 14.7. The molecule has 1 amide bonds. The lowest BCUT2D eigenvalue weighted by Gasteiger charge is -2.08. The quantitative estimate of drug-likeness (QED) is 0.489. The minimum absolute atomic E-state index is 0.110. The number of nitrogens with zero attached hydrogens (tertiary/aromatic N) is 5. The third-order valence-corrected chi connectivity index (χ3v) is 5.24. The lowest BCUT2D eigenvalue weighted by molar-refractivity contribution is 0.102. The summed E-state index contributed by atoms with van der Waals surface area (Å²) in [5.74, 6) is 0.376. The Kier molecular flexibility index (Phi) is 5.37. The number of tetrazole rings is 1. The first-order valence-corrected chi connectivity index (χ1v) is 10.2. The highest BCUT2D eigenvalue weighted by Crippen LogP contribution is 2.27. The van der Waals surface area contributed by atoms with Gasteiger partial charge in [0.15, 0.2) is 11.0 Å². The van der Waals surface area contributed by atoms with Crippen LogP contribution in [0.3, 0.4) is 0 Å². The molecule has 4 aromatic rings. The van der Waals surface area contributed by atoms with Gasteiger partial charge in [-0.25, -0.2) is 9.67 Å². The molecule has 0 saturated carbocycles. The fraction of sp³-hybridized carbons (Fsp3) is 0.150. The smallest absolute Gasteiger partial charge is 0.257 e. The van der Waals surface area contributed by atoms with Crippen molar-refractivity contribution in [2.45, 2.75) is 19.9 Å². The van der Waals surface area contributed by atoms with E-state index in [1.807, 2.05) is 55.6 Å². The summed E-state index contributed by atoms with van der Waals surface area (Å²) in [6.45, 7) is 3.99. The van der Waals surface area contributed by atoms with Crippen LogP contribution in [0.2, 0.25) is 5.02 Å². The lowest BCUT2D eigenvalue weighted by atomic mass is 10.1. The van der Waals surface area contributed by atoms with E-state index < -0.39 is 0 Å². The van der Waals surface area contributed by atoms with E-state index in [-0.39, 0.29) is 11.9 Å². The standard InChI is InChI=1S/C20H17ClN6OS/c1-12(2)27-18(24-25-26-27)14-4-3-5-15(10-14)19(28)23-20-22-17(11-29-20)13-6-8-16(21)9-7-13/h3-12H,1-2H3,(H,22,23,28). The Bertz CT molecular complexity index is 1150. The van der Waals surface area contributed by atoms with E-state index in [9.17, 15) is 4.79 Å². The van der Waals surface area contributed by atoms with Gasteiger partial charge in [-0.15, -0.1) is 16.4 Å². The summed E-state index contributed by atoms with van der Waals surface area (Å²) in [6.07, 6.45) is 0. The van der Waals surface area contributed by atoms with Crippen LogP contribution < -0.4 is 5.32 Å². The van der Waals surface area contributed by atoms with Crippen LogP contribution in [0.5, 0.6) is 0 Å². The maximum atomic E-state index is 12.7. The zero-order valence-electron chi connectivity index (χ0n) is 15.7. The van der Waals surface area contributed by atoms with Crippen LogP contribution in [0.1, 0.15) is 30.2 Å². The molecular formula is C20H17ClN6OS. The van der Waals surface area contributed by atoms with Gasteiger partial charge >= 0.3 is 0 Å². The van der Waals surface area contributed by atoms with E-state index in [1.165, 1.54) is 11.3 Å². The molecule has 7 nitrogen and oxygen atoms in total. The fourth-order valence-corrected chi connectivity index (χ4v) is 3.63. The molecule has 0 unspecified atom stereocenters. The number of nitrogens with one attached hydrogen (secondary N) is 1. The summed E-state index contributed by atoms with van der Waals surface area (Å²) in [5, 5.41) is 17.8. The molecule has 146 valence electrons. The number of hydrogen-bond donors (Lipinski definition) is 1. The van der Waals surface area contributed by atoms with E-state index in [4.69, 9.17) is 11.6 Å². The molecule has 0 aliphatic rings. The van der Waals surface area contributed by atoms with Crippen molar-refractivity contribution in [1.29, 1.82) is 0 Å². The summed E-state index contributed by atoms with van der Waals surface area (Å²) in [7, 11) is 0. The molecule has 0 aliphatic heterocycles. The SMILES string of the molecule is CC(C)n1nnnc1-c1cccc(C(=O)Nc2nc(-c3ccc(Cl)cc3)cs2)c1. The van der Waals surface area contributed by atoms with Gasteiger partial charge in [-0.1, -0.05) is 35.9 Å². The molecule has 0 atom stereocenters. The van der Waals surface area contributed by atoms with Crippen LogP contribution in [0.25, 0.3) is 22.6 Å². The third-order valence-electron chi connectivity index (χ3n) is 4.23. The Morgan fingerprint density at radius 3 is 2.69 bits per heavy atom. The van der Waals surface area contributed by atoms with E-state index in [1.54, 1.807) is 16.8 Å². The number of thiazole rings is 1. The zero-order chi connectivity index (χ0) is 20.4. The Morgan fingerprint density at radius 2 is 1.93 bits per heavy atom. The van der Waals surface area contributed by atoms with Crippen molar-refractivity contribution in [2.75, 3.05) is 5.32 Å². The molecule has 0 fully saturated rings. The predicted octanol–water partition coefficient (Wildman–Crippen LogP) is 4.95. The van der Waals surface area contributed by atoms with Gasteiger partial charge in [-0.2, -0.15) is 0 Å². The summed E-state index contributed by atoms with van der Waals surface area (Å²) < 4.78 is 1.72. The fourth-order valence-electron chi connectivity index (χ4n) is 2.78. The van der Waals surface area contributed by atoms with Crippen LogP contribution in [0, 0.1) is 0 Å². The van der Waals surface area contributed by atoms with Crippen molar-refractivity contribution in [2.24, 2.45) is 0 Å². The second kappa shape index (κ2) is 8.10. The first-order chi connectivity index (χ1) is 14.0. The molecule has 4 rings (SSSR count). The van der Waals surface area contributed by atoms with E-state index in [2.05, 4.69) is 25.8 Å². The molecule has 0 radical (unpaired) electrons. The van der Waals surface area contributed by atoms with Gasteiger partial charge in [0.05, 0.1) is 11.7 Å². The maximum Gasteiger partial charge on any atom is 0.257 e. The van der Waals surface area contributed by atoms with Crippen LogP contribution in [0.15, 0.2) is 53.9 Å². The number of rotatable bonds is 5. The van der Waals surface area contributed by atoms with Gasteiger partial charge in [-0.05, 0) is 48.5 Å². The van der Waals surface area contributed by atoms with Gasteiger partial charge in [0, 0.05) is 27.1 Å². The highest BCUT2D eigenvalue weighted by molar-refractivity contribution is 7.14. The number of carbonyl (C=O) groups is 1. The van der Waals surface area contributed by atoms with Gasteiger partial charge in [0.1, 0.15) is 0 Å². The van der Waals surface area contributed by atoms with Crippen molar-refractivity contribution < 1.29 is 4.79 Å². The number of hydrogen-bond acceptors (Lipinski definition) is 6. The molecule has 0 bridgehead atoms.